The minimum Gasteiger partial charge on any atom is -0.454 e. The first kappa shape index (κ1) is 15.1. The molecule has 1 aromatic carbocycles. The predicted octanol–water partition coefficient (Wildman–Crippen LogP) is 4.05. The maximum Gasteiger partial charge on any atom is 0.231 e. The van der Waals surface area contributed by atoms with E-state index >= 15 is 0 Å². The Morgan fingerprint density at radius 2 is 2.00 bits per heavy atom. The van der Waals surface area contributed by atoms with Crippen LogP contribution in [0.5, 0.6) is 11.5 Å². The highest BCUT2D eigenvalue weighted by Crippen LogP contribution is 2.36. The predicted molar refractivity (Wildman–Crippen MR) is 77.0 cm³/mol. The van der Waals surface area contributed by atoms with Crippen LogP contribution in [0.2, 0.25) is 0 Å². The Kier molecular flexibility index (Phi) is 5.68. The molecule has 1 aromatic rings. The molecule has 4 heteroatoms. The number of rotatable bonds is 8. The van der Waals surface area contributed by atoms with Gasteiger partial charge in [0.15, 0.2) is 17.8 Å². The van der Waals surface area contributed by atoms with Gasteiger partial charge in [0.2, 0.25) is 6.79 Å². The zero-order valence-corrected chi connectivity index (χ0v) is 12.6. The van der Waals surface area contributed by atoms with Crippen LogP contribution in [0.15, 0.2) is 18.2 Å². The fraction of sp³-hybridized carbons (Fsp3) is 0.625. The van der Waals surface area contributed by atoms with Crippen LogP contribution >= 0.6 is 0 Å². The fourth-order valence-corrected chi connectivity index (χ4v) is 2.19. The summed E-state index contributed by atoms with van der Waals surface area (Å²) < 4.78 is 22.4. The second kappa shape index (κ2) is 7.50. The molecule has 2 rings (SSSR count). The molecule has 0 fully saturated rings. The Morgan fingerprint density at radius 3 is 2.75 bits per heavy atom. The second-order valence-electron chi connectivity index (χ2n) is 4.94. The highest BCUT2D eigenvalue weighted by atomic mass is 16.7. The monoisotopic (exact) mass is 280 g/mol. The summed E-state index contributed by atoms with van der Waals surface area (Å²) >= 11 is 0. The lowest BCUT2D eigenvalue weighted by Gasteiger charge is -2.22. The van der Waals surface area contributed by atoms with Crippen molar-refractivity contribution in [1.29, 1.82) is 0 Å². The van der Waals surface area contributed by atoms with Gasteiger partial charge in [0.05, 0.1) is 6.10 Å². The molecule has 20 heavy (non-hydrogen) atoms. The van der Waals surface area contributed by atoms with E-state index in [4.69, 9.17) is 18.9 Å². The average Bonchev–Trinajstić information content (AvgIpc) is 2.92. The lowest BCUT2D eigenvalue weighted by Crippen LogP contribution is -2.17. The first-order chi connectivity index (χ1) is 9.74. The normalized spacial score (nSPS) is 16.1. The van der Waals surface area contributed by atoms with Crippen molar-refractivity contribution in [3.63, 3.8) is 0 Å². The minimum absolute atomic E-state index is 0.0149. The zero-order valence-electron chi connectivity index (χ0n) is 12.6. The molecule has 0 saturated heterocycles. The lowest BCUT2D eigenvalue weighted by molar-refractivity contribution is -0.163. The topological polar surface area (TPSA) is 36.9 Å². The van der Waals surface area contributed by atoms with Gasteiger partial charge in [-0.15, -0.1) is 0 Å². The molecule has 0 unspecified atom stereocenters. The van der Waals surface area contributed by atoms with Gasteiger partial charge in [-0.2, -0.15) is 0 Å². The molecule has 0 aromatic heterocycles. The molecule has 0 amide bonds. The van der Waals surface area contributed by atoms with Gasteiger partial charge in [0.1, 0.15) is 0 Å². The first-order valence-electron chi connectivity index (χ1n) is 7.41. The zero-order chi connectivity index (χ0) is 14.4. The fourth-order valence-electron chi connectivity index (χ4n) is 2.19. The molecule has 0 saturated carbocycles. The number of benzene rings is 1. The van der Waals surface area contributed by atoms with E-state index < -0.39 is 0 Å². The van der Waals surface area contributed by atoms with Crippen molar-refractivity contribution in [2.24, 2.45) is 0 Å². The average molecular weight is 280 g/mol. The third-order valence-electron chi connectivity index (χ3n) is 3.35. The summed E-state index contributed by atoms with van der Waals surface area (Å²) in [5.74, 6) is 1.60. The van der Waals surface area contributed by atoms with Crippen molar-refractivity contribution in [1.82, 2.24) is 0 Å². The highest BCUT2D eigenvalue weighted by molar-refractivity contribution is 5.45. The molecule has 0 aliphatic carbocycles. The van der Waals surface area contributed by atoms with Gasteiger partial charge in [-0.1, -0.05) is 26.3 Å². The van der Waals surface area contributed by atoms with E-state index in [1.165, 1.54) is 0 Å². The minimum atomic E-state index is -0.197. The summed E-state index contributed by atoms with van der Waals surface area (Å²) in [6.07, 6.45) is 2.90. The van der Waals surface area contributed by atoms with Crippen LogP contribution in [-0.2, 0) is 9.47 Å². The molecule has 0 bridgehead atoms. The quantitative estimate of drug-likeness (QED) is 0.532. The van der Waals surface area contributed by atoms with Gasteiger partial charge in [-0.3, -0.25) is 0 Å². The molecule has 112 valence electrons. The molecule has 1 heterocycles. The third-order valence-corrected chi connectivity index (χ3v) is 3.35. The summed E-state index contributed by atoms with van der Waals surface area (Å²) in [7, 11) is 0. The summed E-state index contributed by atoms with van der Waals surface area (Å²) in [5, 5.41) is 0. The van der Waals surface area contributed by atoms with Crippen molar-refractivity contribution < 1.29 is 18.9 Å². The number of unbranched alkanes of at least 4 members (excludes halogenated alkanes) is 1. The van der Waals surface area contributed by atoms with Crippen molar-refractivity contribution in [3.8, 4) is 11.5 Å². The molecular weight excluding hydrogens is 256 g/mol. The summed E-state index contributed by atoms with van der Waals surface area (Å²) in [5.41, 5.74) is 1.10. The summed E-state index contributed by atoms with van der Waals surface area (Å²) in [4.78, 5) is 0. The van der Waals surface area contributed by atoms with Gasteiger partial charge in [-0.05, 0) is 37.5 Å². The van der Waals surface area contributed by atoms with Crippen LogP contribution in [0, 0.1) is 0 Å². The number of ether oxygens (including phenoxy) is 4. The van der Waals surface area contributed by atoms with Crippen molar-refractivity contribution in [2.75, 3.05) is 13.4 Å². The van der Waals surface area contributed by atoms with E-state index in [0.717, 1.165) is 42.9 Å². The van der Waals surface area contributed by atoms with Crippen molar-refractivity contribution in [2.45, 2.75) is 52.4 Å². The van der Waals surface area contributed by atoms with Crippen LogP contribution in [0.25, 0.3) is 0 Å². The van der Waals surface area contributed by atoms with E-state index in [-0.39, 0.29) is 12.4 Å². The number of hydrogen-bond donors (Lipinski definition) is 0. The van der Waals surface area contributed by atoms with Gasteiger partial charge in [0, 0.05) is 6.61 Å². The Balaban J connectivity index is 1.94. The van der Waals surface area contributed by atoms with E-state index in [9.17, 15) is 0 Å². The number of fused-ring (bicyclic) bond motifs is 1. The summed E-state index contributed by atoms with van der Waals surface area (Å²) in [6, 6.07) is 5.96. The maximum atomic E-state index is 5.97. The van der Waals surface area contributed by atoms with E-state index in [2.05, 4.69) is 13.8 Å². The smallest absolute Gasteiger partial charge is 0.231 e. The Labute approximate surface area is 121 Å². The summed E-state index contributed by atoms with van der Waals surface area (Å²) in [6.45, 7) is 7.25. The molecule has 0 N–H and O–H groups in total. The van der Waals surface area contributed by atoms with Crippen LogP contribution in [0.1, 0.15) is 51.7 Å². The van der Waals surface area contributed by atoms with E-state index in [1.54, 1.807) is 0 Å². The van der Waals surface area contributed by atoms with Gasteiger partial charge in [-0.25, -0.2) is 0 Å². The number of hydrogen-bond acceptors (Lipinski definition) is 4. The molecule has 0 radical (unpaired) electrons. The second-order valence-corrected chi connectivity index (χ2v) is 4.94. The Hall–Kier alpha value is -1.26. The van der Waals surface area contributed by atoms with Crippen LogP contribution < -0.4 is 9.47 Å². The molecular formula is C16H24O4. The van der Waals surface area contributed by atoms with Gasteiger partial charge in [0.25, 0.3) is 0 Å². The Morgan fingerprint density at radius 1 is 1.20 bits per heavy atom. The van der Waals surface area contributed by atoms with Crippen molar-refractivity contribution in [3.05, 3.63) is 23.8 Å². The van der Waals surface area contributed by atoms with Gasteiger partial charge >= 0.3 is 0 Å². The maximum absolute atomic E-state index is 5.97. The van der Waals surface area contributed by atoms with Crippen LogP contribution in [-0.4, -0.2) is 19.7 Å². The SMILES string of the molecule is CCCCO[C@H](C)O[C@@H](CC)c1ccc2c(c1)OCO2. The standard InChI is InChI=1S/C16H24O4/c1-4-6-9-17-12(3)20-14(5-2)13-7-8-15-16(10-13)19-11-18-15/h7-8,10,12,14H,4-6,9,11H2,1-3H3/t12-,14-/m0/s1. The first-order valence-corrected chi connectivity index (χ1v) is 7.41. The Bertz CT molecular complexity index is 419. The highest BCUT2D eigenvalue weighted by Gasteiger charge is 2.19. The molecule has 1 aliphatic heterocycles. The molecule has 0 spiro atoms. The van der Waals surface area contributed by atoms with Gasteiger partial charge < -0.3 is 18.9 Å². The van der Waals surface area contributed by atoms with E-state index in [1.807, 2.05) is 25.1 Å². The molecule has 1 aliphatic rings. The molecule has 4 nitrogen and oxygen atoms in total. The van der Waals surface area contributed by atoms with Crippen LogP contribution in [0.3, 0.4) is 0 Å². The third kappa shape index (κ3) is 3.87. The lowest BCUT2D eigenvalue weighted by atomic mass is 10.1. The van der Waals surface area contributed by atoms with E-state index in [0.29, 0.717) is 6.79 Å². The molecule has 2 atom stereocenters. The largest absolute Gasteiger partial charge is 0.454 e. The van der Waals surface area contributed by atoms with Crippen LogP contribution in [0.4, 0.5) is 0 Å². The van der Waals surface area contributed by atoms with Crippen molar-refractivity contribution >= 4 is 0 Å².